The first-order chi connectivity index (χ1) is 12.3. The highest BCUT2D eigenvalue weighted by atomic mass is 35.5. The molecular formula is C22H28ClNOSi. The summed E-state index contributed by atoms with van der Waals surface area (Å²) in [5, 5.41) is 1.53. The van der Waals surface area contributed by atoms with Gasteiger partial charge in [-0.15, -0.1) is 11.6 Å². The molecule has 3 rings (SSSR count). The lowest BCUT2D eigenvalue weighted by atomic mass is 9.90. The van der Waals surface area contributed by atoms with Gasteiger partial charge < -0.3 is 4.90 Å². The van der Waals surface area contributed by atoms with Crippen LogP contribution in [0.4, 0.5) is 5.69 Å². The number of fused-ring (bicyclic) bond motifs is 3. The van der Waals surface area contributed by atoms with Gasteiger partial charge in [0.05, 0.1) is 20.3 Å². The number of rotatable bonds is 5. The first-order valence-corrected chi connectivity index (χ1v) is 13.5. The lowest BCUT2D eigenvalue weighted by Crippen LogP contribution is -2.46. The summed E-state index contributed by atoms with van der Waals surface area (Å²) < 4.78 is 0. The Kier molecular flexibility index (Phi) is 5.59. The number of para-hydroxylation sites is 1. The van der Waals surface area contributed by atoms with Crippen molar-refractivity contribution in [3.63, 3.8) is 0 Å². The number of amides is 1. The van der Waals surface area contributed by atoms with Crippen LogP contribution in [-0.4, -0.2) is 19.9 Å². The molecule has 0 N–H and O–H groups in total. The van der Waals surface area contributed by atoms with E-state index in [0.29, 0.717) is 6.54 Å². The Morgan fingerprint density at radius 3 is 2.46 bits per heavy atom. The van der Waals surface area contributed by atoms with Gasteiger partial charge in [0, 0.05) is 18.4 Å². The Balaban J connectivity index is 2.19. The smallest absolute Gasteiger partial charge is 0.224 e. The van der Waals surface area contributed by atoms with Gasteiger partial charge >= 0.3 is 0 Å². The second-order valence-electron chi connectivity index (χ2n) is 8.14. The summed E-state index contributed by atoms with van der Waals surface area (Å²) in [5.41, 5.74) is 6.33. The van der Waals surface area contributed by atoms with Crippen LogP contribution < -0.4 is 10.1 Å². The number of unbranched alkanes of at least 4 members (excludes halogenated alkanes) is 1. The minimum atomic E-state index is -1.57. The van der Waals surface area contributed by atoms with Crippen LogP contribution in [0.3, 0.4) is 0 Å². The molecule has 0 aliphatic carbocycles. The van der Waals surface area contributed by atoms with Crippen molar-refractivity contribution < 1.29 is 4.79 Å². The number of benzene rings is 2. The molecule has 138 valence electrons. The molecule has 1 amide bonds. The van der Waals surface area contributed by atoms with Gasteiger partial charge in [0.15, 0.2) is 0 Å². The normalized spacial score (nSPS) is 13.3. The number of alkyl halides is 1. The van der Waals surface area contributed by atoms with Crippen LogP contribution in [0, 0.1) is 0 Å². The minimum absolute atomic E-state index is 0.108. The van der Waals surface area contributed by atoms with Crippen molar-refractivity contribution >= 4 is 36.5 Å². The molecule has 0 saturated heterocycles. The number of anilines is 1. The van der Waals surface area contributed by atoms with Crippen LogP contribution in [-0.2, 0) is 17.8 Å². The summed E-state index contributed by atoms with van der Waals surface area (Å²) in [6, 6.07) is 12.9. The maximum absolute atomic E-state index is 12.4. The van der Waals surface area contributed by atoms with Crippen molar-refractivity contribution in [2.24, 2.45) is 0 Å². The lowest BCUT2D eigenvalue weighted by Gasteiger charge is -2.35. The van der Waals surface area contributed by atoms with Crippen LogP contribution in [0.25, 0.3) is 11.1 Å². The highest BCUT2D eigenvalue weighted by molar-refractivity contribution is 6.89. The molecule has 1 aliphatic rings. The fraction of sp³-hybridized carbons (Fsp3) is 0.409. The quantitative estimate of drug-likeness (QED) is 0.387. The van der Waals surface area contributed by atoms with E-state index in [-0.39, 0.29) is 5.91 Å². The fourth-order valence-electron chi connectivity index (χ4n) is 4.13. The topological polar surface area (TPSA) is 20.3 Å². The molecule has 0 unspecified atom stereocenters. The Bertz CT molecular complexity index is 825. The van der Waals surface area contributed by atoms with Crippen LogP contribution in [0.15, 0.2) is 36.4 Å². The first kappa shape index (κ1) is 19.2. The van der Waals surface area contributed by atoms with E-state index in [1.165, 1.54) is 27.4 Å². The largest absolute Gasteiger partial charge is 0.308 e. The van der Waals surface area contributed by atoms with Crippen molar-refractivity contribution in [1.29, 1.82) is 0 Å². The number of hydrogen-bond donors (Lipinski definition) is 0. The molecule has 1 aliphatic heterocycles. The number of hydrogen-bond acceptors (Lipinski definition) is 1. The summed E-state index contributed by atoms with van der Waals surface area (Å²) in [6.45, 7) is 9.58. The molecule has 0 atom stereocenters. The zero-order valence-electron chi connectivity index (χ0n) is 16.2. The maximum atomic E-state index is 12.4. The Morgan fingerprint density at radius 2 is 1.81 bits per heavy atom. The fourth-order valence-corrected chi connectivity index (χ4v) is 6.61. The number of carbonyl (C=O) groups is 1. The van der Waals surface area contributed by atoms with Gasteiger partial charge in [0.2, 0.25) is 5.91 Å². The molecular weight excluding hydrogens is 358 g/mol. The number of halogens is 1. The second-order valence-corrected chi connectivity index (χ2v) is 13.5. The Labute approximate surface area is 163 Å². The van der Waals surface area contributed by atoms with Crippen LogP contribution in [0.2, 0.25) is 19.6 Å². The van der Waals surface area contributed by atoms with Crippen molar-refractivity contribution in [2.75, 3.05) is 10.8 Å². The van der Waals surface area contributed by atoms with Crippen LogP contribution in [0.1, 0.15) is 30.9 Å². The number of nitrogens with zero attached hydrogens (tertiary/aromatic N) is 1. The minimum Gasteiger partial charge on any atom is -0.308 e. The summed E-state index contributed by atoms with van der Waals surface area (Å²) in [5.74, 6) is 0.829. The van der Waals surface area contributed by atoms with Crippen LogP contribution >= 0.6 is 11.6 Å². The van der Waals surface area contributed by atoms with E-state index < -0.39 is 8.07 Å². The molecule has 0 spiro atoms. The highest BCUT2D eigenvalue weighted by Crippen LogP contribution is 2.39. The first-order valence-electron chi connectivity index (χ1n) is 9.43. The third-order valence-electron chi connectivity index (χ3n) is 5.16. The molecule has 26 heavy (non-hydrogen) atoms. The molecule has 0 saturated carbocycles. The summed E-state index contributed by atoms with van der Waals surface area (Å²) >= 11 is 5.89. The van der Waals surface area contributed by atoms with E-state index in [2.05, 4.69) is 50.0 Å². The third kappa shape index (κ3) is 3.60. The van der Waals surface area contributed by atoms with Gasteiger partial charge in [-0.25, -0.2) is 0 Å². The van der Waals surface area contributed by atoms with Crippen molar-refractivity contribution in [2.45, 2.75) is 52.4 Å². The second kappa shape index (κ2) is 7.57. The van der Waals surface area contributed by atoms with E-state index >= 15 is 0 Å². The van der Waals surface area contributed by atoms with Gasteiger partial charge in [-0.2, -0.15) is 0 Å². The van der Waals surface area contributed by atoms with Gasteiger partial charge in [0.1, 0.15) is 0 Å². The molecule has 2 aromatic rings. The average Bonchev–Trinajstić information content (AvgIpc) is 2.59. The predicted molar refractivity (Wildman–Crippen MR) is 115 cm³/mol. The molecule has 0 aromatic heterocycles. The molecule has 0 fully saturated rings. The third-order valence-corrected chi connectivity index (χ3v) is 7.55. The SMILES string of the molecule is CC(=O)N1Cc2c(ccc(CCCCCl)c2[Si](C)(C)C)-c2ccccc21. The Morgan fingerprint density at radius 1 is 1.08 bits per heavy atom. The van der Waals surface area contributed by atoms with Crippen LogP contribution in [0.5, 0.6) is 0 Å². The lowest BCUT2D eigenvalue weighted by molar-refractivity contribution is -0.116. The van der Waals surface area contributed by atoms with E-state index in [1.807, 2.05) is 11.0 Å². The summed E-state index contributed by atoms with van der Waals surface area (Å²) in [4.78, 5) is 14.3. The van der Waals surface area contributed by atoms with Crippen molar-refractivity contribution in [3.05, 3.63) is 47.5 Å². The Hall–Kier alpha value is -1.58. The van der Waals surface area contributed by atoms with Gasteiger partial charge in [-0.05, 0) is 42.0 Å². The van der Waals surface area contributed by atoms with Gasteiger partial charge in [-0.3, -0.25) is 4.79 Å². The van der Waals surface area contributed by atoms with Crippen molar-refractivity contribution in [1.82, 2.24) is 0 Å². The standard InChI is InChI=1S/C22H28ClNOSi/c1-16(25)24-15-20-18(19-10-5-6-11-21(19)24)13-12-17(9-7-8-14-23)22(20)26(2,3)4/h5-6,10-13H,7-9,14-15H2,1-4H3. The monoisotopic (exact) mass is 385 g/mol. The maximum Gasteiger partial charge on any atom is 0.224 e. The predicted octanol–water partition coefficient (Wildman–Crippen LogP) is 5.33. The zero-order chi connectivity index (χ0) is 18.9. The van der Waals surface area contributed by atoms with Crippen molar-refractivity contribution in [3.8, 4) is 11.1 Å². The number of carbonyl (C=O) groups excluding carboxylic acids is 1. The average molecular weight is 386 g/mol. The van der Waals surface area contributed by atoms with E-state index in [0.717, 1.165) is 30.8 Å². The summed E-state index contributed by atoms with van der Waals surface area (Å²) in [7, 11) is -1.57. The zero-order valence-corrected chi connectivity index (χ0v) is 18.0. The van der Waals surface area contributed by atoms with E-state index in [4.69, 9.17) is 11.6 Å². The molecule has 2 nitrogen and oxygen atoms in total. The van der Waals surface area contributed by atoms with E-state index in [9.17, 15) is 4.79 Å². The molecule has 4 heteroatoms. The molecule has 1 heterocycles. The molecule has 0 radical (unpaired) electrons. The molecule has 2 aromatic carbocycles. The molecule has 0 bridgehead atoms. The van der Waals surface area contributed by atoms with E-state index in [1.54, 1.807) is 6.92 Å². The summed E-state index contributed by atoms with van der Waals surface area (Å²) in [6.07, 6.45) is 3.24. The van der Waals surface area contributed by atoms with Gasteiger partial charge in [0.25, 0.3) is 0 Å². The number of aryl methyl sites for hydroxylation is 1. The highest BCUT2D eigenvalue weighted by Gasteiger charge is 2.31. The van der Waals surface area contributed by atoms with Gasteiger partial charge in [-0.1, -0.05) is 55.2 Å².